The first-order valence-corrected chi connectivity index (χ1v) is 4.56. The minimum atomic E-state index is 0.593. The van der Waals surface area contributed by atoms with Gasteiger partial charge in [0.25, 0.3) is 0 Å². The van der Waals surface area contributed by atoms with Crippen LogP contribution in [0, 0.1) is 11.3 Å². The Morgan fingerprint density at radius 1 is 1.50 bits per heavy atom. The molecule has 0 amide bonds. The highest BCUT2D eigenvalue weighted by Crippen LogP contribution is 1.99. The summed E-state index contributed by atoms with van der Waals surface area (Å²) in [6, 6.07) is 2.06. The molecule has 0 spiro atoms. The van der Waals surface area contributed by atoms with Crippen LogP contribution in [0.5, 0.6) is 0 Å². The molecule has 4 heteroatoms. The van der Waals surface area contributed by atoms with Crippen LogP contribution in [0.2, 0.25) is 0 Å². The summed E-state index contributed by atoms with van der Waals surface area (Å²) in [7, 11) is 1.91. The smallest absolute Gasteiger partial charge is 0.101 e. The van der Waals surface area contributed by atoms with Crippen molar-refractivity contribution in [3.05, 3.63) is 23.4 Å². The van der Waals surface area contributed by atoms with Crippen LogP contribution in [0.25, 0.3) is 0 Å². The molecule has 0 aromatic rings. The van der Waals surface area contributed by atoms with Gasteiger partial charge in [0.15, 0.2) is 0 Å². The first-order chi connectivity index (χ1) is 6.86. The summed E-state index contributed by atoms with van der Waals surface area (Å²) < 4.78 is 0. The molecule has 0 aliphatic carbocycles. The SMILES string of the molecule is CNCCNC1=CC=C(C#N)C=NC1. The summed E-state index contributed by atoms with van der Waals surface area (Å²) in [6.45, 7) is 2.40. The van der Waals surface area contributed by atoms with Gasteiger partial charge in [-0.2, -0.15) is 5.26 Å². The molecule has 0 atom stereocenters. The zero-order chi connectivity index (χ0) is 10.2. The fourth-order valence-electron chi connectivity index (χ4n) is 1.06. The summed E-state index contributed by atoms with van der Waals surface area (Å²) in [5.74, 6) is 0. The van der Waals surface area contributed by atoms with E-state index < -0.39 is 0 Å². The van der Waals surface area contributed by atoms with Gasteiger partial charge in [0, 0.05) is 25.0 Å². The average molecular weight is 190 g/mol. The number of hydrogen-bond donors (Lipinski definition) is 2. The van der Waals surface area contributed by atoms with Crippen LogP contribution in [-0.4, -0.2) is 32.9 Å². The van der Waals surface area contributed by atoms with Gasteiger partial charge in [-0.3, -0.25) is 4.99 Å². The first-order valence-electron chi connectivity index (χ1n) is 4.56. The standard InChI is InChI=1S/C10H14N4/c1-12-4-5-14-10-3-2-9(6-11)7-13-8-10/h2-3,7,12,14H,4-5,8H2,1H3. The quantitative estimate of drug-likeness (QED) is 0.623. The van der Waals surface area contributed by atoms with E-state index in [-0.39, 0.29) is 0 Å². The molecule has 14 heavy (non-hydrogen) atoms. The van der Waals surface area contributed by atoms with Crippen molar-refractivity contribution in [1.29, 1.82) is 5.26 Å². The van der Waals surface area contributed by atoms with Gasteiger partial charge in [-0.05, 0) is 19.2 Å². The monoisotopic (exact) mass is 190 g/mol. The van der Waals surface area contributed by atoms with E-state index in [1.54, 1.807) is 12.3 Å². The molecule has 0 saturated carbocycles. The van der Waals surface area contributed by atoms with Gasteiger partial charge < -0.3 is 10.6 Å². The molecular weight excluding hydrogens is 176 g/mol. The van der Waals surface area contributed by atoms with E-state index in [0.29, 0.717) is 12.1 Å². The second kappa shape index (κ2) is 5.95. The van der Waals surface area contributed by atoms with Gasteiger partial charge in [0.1, 0.15) is 6.07 Å². The van der Waals surface area contributed by atoms with Crippen LogP contribution < -0.4 is 10.6 Å². The average Bonchev–Trinajstić information content (AvgIpc) is 2.43. The molecule has 1 aliphatic heterocycles. The van der Waals surface area contributed by atoms with Crippen molar-refractivity contribution in [3.63, 3.8) is 0 Å². The normalized spacial score (nSPS) is 15.1. The molecule has 0 aromatic carbocycles. The third-order valence-electron chi connectivity index (χ3n) is 1.81. The Morgan fingerprint density at radius 3 is 3.07 bits per heavy atom. The number of rotatable bonds is 4. The highest BCUT2D eigenvalue weighted by Gasteiger charge is 1.98. The molecule has 4 nitrogen and oxygen atoms in total. The number of nitriles is 1. The second-order valence-electron chi connectivity index (χ2n) is 2.93. The third-order valence-corrected chi connectivity index (χ3v) is 1.81. The van der Waals surface area contributed by atoms with E-state index in [9.17, 15) is 0 Å². The summed E-state index contributed by atoms with van der Waals surface area (Å²) in [6.07, 6.45) is 5.28. The van der Waals surface area contributed by atoms with Gasteiger partial charge in [-0.25, -0.2) is 0 Å². The lowest BCUT2D eigenvalue weighted by Gasteiger charge is -2.06. The van der Waals surface area contributed by atoms with Crippen LogP contribution in [-0.2, 0) is 0 Å². The van der Waals surface area contributed by atoms with Crippen LogP contribution in [0.4, 0.5) is 0 Å². The lowest BCUT2D eigenvalue weighted by atomic mass is 10.3. The fourth-order valence-corrected chi connectivity index (χ4v) is 1.06. The molecule has 0 radical (unpaired) electrons. The number of aliphatic imine (C=N–C) groups is 1. The van der Waals surface area contributed by atoms with Gasteiger partial charge in [-0.1, -0.05) is 0 Å². The van der Waals surface area contributed by atoms with Gasteiger partial charge in [0.05, 0.1) is 12.1 Å². The number of likely N-dealkylation sites (N-methyl/N-ethyl adjacent to an activating group) is 1. The second-order valence-corrected chi connectivity index (χ2v) is 2.93. The van der Waals surface area contributed by atoms with E-state index >= 15 is 0 Å². The zero-order valence-corrected chi connectivity index (χ0v) is 8.25. The molecule has 0 aromatic heterocycles. The number of nitrogens with zero attached hydrogens (tertiary/aromatic N) is 2. The molecule has 1 heterocycles. The Morgan fingerprint density at radius 2 is 2.36 bits per heavy atom. The summed E-state index contributed by atoms with van der Waals surface area (Å²) >= 11 is 0. The Balaban J connectivity index is 2.48. The van der Waals surface area contributed by atoms with E-state index in [2.05, 4.69) is 21.7 Å². The number of nitrogens with one attached hydrogen (secondary N) is 2. The lowest BCUT2D eigenvalue weighted by molar-refractivity contribution is 0.709. The topological polar surface area (TPSA) is 60.2 Å². The maximum absolute atomic E-state index is 8.65. The first kappa shape index (κ1) is 10.5. The van der Waals surface area contributed by atoms with E-state index in [4.69, 9.17) is 5.26 Å². The third kappa shape index (κ3) is 3.42. The largest absolute Gasteiger partial charge is 0.386 e. The highest BCUT2D eigenvalue weighted by molar-refractivity contribution is 5.84. The summed E-state index contributed by atoms with van der Waals surface area (Å²) in [5, 5.41) is 14.9. The van der Waals surface area contributed by atoms with E-state index in [1.807, 2.05) is 13.1 Å². The zero-order valence-electron chi connectivity index (χ0n) is 8.25. The Bertz CT molecular complexity index is 307. The fraction of sp³-hybridized carbons (Fsp3) is 0.400. The minimum Gasteiger partial charge on any atom is -0.386 e. The van der Waals surface area contributed by atoms with Gasteiger partial charge in [-0.15, -0.1) is 0 Å². The minimum absolute atomic E-state index is 0.593. The van der Waals surface area contributed by atoms with Crippen molar-refractivity contribution in [2.45, 2.75) is 0 Å². The summed E-state index contributed by atoms with van der Waals surface area (Å²) in [4.78, 5) is 4.12. The molecule has 2 N–H and O–H groups in total. The Hall–Kier alpha value is -1.60. The molecule has 0 fully saturated rings. The van der Waals surface area contributed by atoms with Crippen molar-refractivity contribution < 1.29 is 0 Å². The molecule has 1 rings (SSSR count). The van der Waals surface area contributed by atoms with Crippen molar-refractivity contribution in [2.24, 2.45) is 4.99 Å². The maximum Gasteiger partial charge on any atom is 0.101 e. The predicted molar refractivity (Wildman–Crippen MR) is 57.1 cm³/mol. The van der Waals surface area contributed by atoms with Crippen molar-refractivity contribution in [3.8, 4) is 6.07 Å². The van der Waals surface area contributed by atoms with E-state index in [1.165, 1.54) is 0 Å². The van der Waals surface area contributed by atoms with Crippen LogP contribution in [0.15, 0.2) is 28.4 Å². The van der Waals surface area contributed by atoms with Crippen LogP contribution in [0.3, 0.4) is 0 Å². The molecule has 0 bridgehead atoms. The van der Waals surface area contributed by atoms with Crippen molar-refractivity contribution in [2.75, 3.05) is 26.7 Å². The highest BCUT2D eigenvalue weighted by atomic mass is 15.0. The van der Waals surface area contributed by atoms with Crippen LogP contribution in [0.1, 0.15) is 0 Å². The van der Waals surface area contributed by atoms with Crippen LogP contribution >= 0.6 is 0 Å². The van der Waals surface area contributed by atoms with Crippen molar-refractivity contribution in [1.82, 2.24) is 10.6 Å². The van der Waals surface area contributed by atoms with Crippen molar-refractivity contribution >= 4 is 6.21 Å². The van der Waals surface area contributed by atoms with Gasteiger partial charge >= 0.3 is 0 Å². The van der Waals surface area contributed by atoms with Gasteiger partial charge in [0.2, 0.25) is 0 Å². The number of hydrogen-bond acceptors (Lipinski definition) is 4. The Labute approximate surface area is 84.0 Å². The molecule has 1 aliphatic rings. The number of allylic oxidation sites excluding steroid dienone is 3. The predicted octanol–water partition coefficient (Wildman–Crippen LogP) is 0.214. The summed E-state index contributed by atoms with van der Waals surface area (Å²) in [5.41, 5.74) is 1.64. The molecule has 0 unspecified atom stereocenters. The molecular formula is C10H14N4. The molecule has 74 valence electrons. The maximum atomic E-state index is 8.65. The van der Waals surface area contributed by atoms with E-state index in [0.717, 1.165) is 18.8 Å². The Kier molecular flexibility index (Phi) is 4.45. The molecule has 0 saturated heterocycles. The lowest BCUT2D eigenvalue weighted by Crippen LogP contribution is -2.25.